The van der Waals surface area contributed by atoms with Crippen LogP contribution in [0, 0.1) is 0 Å². The Morgan fingerprint density at radius 2 is 1.72 bits per heavy atom. The maximum atomic E-state index is 12.5. The van der Waals surface area contributed by atoms with Crippen LogP contribution < -0.4 is 16.0 Å². The number of piperazine rings is 1. The molecule has 4 N–H and O–H groups in total. The summed E-state index contributed by atoms with van der Waals surface area (Å²) in [6.07, 6.45) is 2.93. The van der Waals surface area contributed by atoms with E-state index in [1.807, 2.05) is 48.5 Å². The highest BCUT2D eigenvalue weighted by Gasteiger charge is 2.19. The van der Waals surface area contributed by atoms with E-state index < -0.39 is 9.84 Å². The van der Waals surface area contributed by atoms with Crippen LogP contribution in [0.4, 0.5) is 23.1 Å². The number of nitrogen functional groups attached to an aromatic ring is 1. The number of hydrogen-bond acceptors (Lipinski definition) is 9. The van der Waals surface area contributed by atoms with Crippen molar-refractivity contribution in [1.29, 1.82) is 0 Å². The summed E-state index contributed by atoms with van der Waals surface area (Å²) in [6.45, 7) is 3.48. The van der Waals surface area contributed by atoms with Crippen LogP contribution in [0.25, 0.3) is 28.0 Å². The minimum atomic E-state index is -3.42. The number of fused-ring (bicyclic) bond motifs is 1. The maximum Gasteiger partial charge on any atom is 0.247 e. The number of H-pyrrole nitrogens is 1. The molecule has 12 heteroatoms. The second kappa shape index (κ2) is 9.71. The second-order valence-electron chi connectivity index (χ2n) is 9.79. The first kappa shape index (κ1) is 24.9. The molecule has 0 spiro atoms. The van der Waals surface area contributed by atoms with Crippen molar-refractivity contribution in [2.24, 2.45) is 0 Å². The molecular formula is C27H29N9O2S. The minimum absolute atomic E-state index is 0.254. The molecule has 0 aliphatic carbocycles. The van der Waals surface area contributed by atoms with Gasteiger partial charge in [-0.25, -0.2) is 12.9 Å². The van der Waals surface area contributed by atoms with Gasteiger partial charge in [0, 0.05) is 54.9 Å². The van der Waals surface area contributed by atoms with Crippen LogP contribution in [0.15, 0.2) is 71.8 Å². The van der Waals surface area contributed by atoms with Crippen molar-refractivity contribution in [3.05, 3.63) is 66.9 Å². The molecule has 5 aromatic rings. The lowest BCUT2D eigenvalue weighted by Gasteiger charge is -2.34. The van der Waals surface area contributed by atoms with Gasteiger partial charge in [0.05, 0.1) is 16.8 Å². The number of pyridine rings is 1. The summed E-state index contributed by atoms with van der Waals surface area (Å²) in [5.74, 6) is 0.896. The molecular weight excluding hydrogens is 514 g/mol. The summed E-state index contributed by atoms with van der Waals surface area (Å²) in [7, 11) is -1.33. The van der Waals surface area contributed by atoms with Gasteiger partial charge in [-0.15, -0.1) is 5.10 Å². The molecule has 39 heavy (non-hydrogen) atoms. The minimum Gasteiger partial charge on any atom is -0.384 e. The lowest BCUT2D eigenvalue weighted by molar-refractivity contribution is 0.313. The summed E-state index contributed by atoms with van der Waals surface area (Å²) >= 11 is 0. The van der Waals surface area contributed by atoms with Crippen molar-refractivity contribution in [3.63, 3.8) is 0 Å². The van der Waals surface area contributed by atoms with Crippen molar-refractivity contribution in [3.8, 4) is 22.4 Å². The monoisotopic (exact) mass is 543 g/mol. The largest absolute Gasteiger partial charge is 0.384 e. The molecule has 6 rings (SSSR count). The number of aromatic nitrogens is 5. The van der Waals surface area contributed by atoms with Crippen LogP contribution >= 0.6 is 0 Å². The zero-order valence-corrected chi connectivity index (χ0v) is 22.5. The van der Waals surface area contributed by atoms with Crippen molar-refractivity contribution in [1.82, 2.24) is 29.7 Å². The molecule has 11 nitrogen and oxygen atoms in total. The molecule has 0 radical (unpaired) electrons. The van der Waals surface area contributed by atoms with Gasteiger partial charge in [0.25, 0.3) is 0 Å². The average Bonchev–Trinajstić information content (AvgIpc) is 3.54. The molecule has 1 aliphatic rings. The maximum absolute atomic E-state index is 12.5. The van der Waals surface area contributed by atoms with E-state index in [1.165, 1.54) is 6.26 Å². The molecule has 0 saturated carbocycles. The number of aromatic amines is 1. The summed E-state index contributed by atoms with van der Waals surface area (Å²) in [5, 5.41) is 14.7. The third-order valence-electron chi connectivity index (χ3n) is 6.96. The first-order chi connectivity index (χ1) is 18.7. The third kappa shape index (κ3) is 5.03. The van der Waals surface area contributed by atoms with Crippen LogP contribution in [0.1, 0.15) is 0 Å². The first-order valence-electron chi connectivity index (χ1n) is 12.6. The molecule has 0 unspecified atom stereocenters. The van der Waals surface area contributed by atoms with E-state index in [0.717, 1.165) is 54.3 Å². The molecule has 2 aromatic carbocycles. The quantitative estimate of drug-likeness (QED) is 0.295. The Kier molecular flexibility index (Phi) is 6.20. The SMILES string of the molecule is CN1CCN(c2cc(Nc3nc4cccc(-c5ccc(-c6cn[nH]c6N)cc5)n4n3)cc(S(C)(=O)=O)c2)CC1. The standard InChI is InChI=1S/C27H29N9O2S/c1-34-10-12-35(13-11-34)21-14-20(15-22(16-21)39(2,37)38)30-27-31-25-5-3-4-24(36(25)33-27)19-8-6-18(7-9-19)23-17-29-32-26(23)28/h3-9,14-17H,10-13H2,1-2H3,(H,30,33)(H3,28,29,32). The third-order valence-corrected chi connectivity index (χ3v) is 8.06. The van der Waals surface area contributed by atoms with E-state index >= 15 is 0 Å². The number of rotatable bonds is 6. The predicted molar refractivity (Wildman–Crippen MR) is 153 cm³/mol. The van der Waals surface area contributed by atoms with E-state index in [1.54, 1.807) is 22.8 Å². The summed E-state index contributed by atoms with van der Waals surface area (Å²) in [4.78, 5) is 9.37. The van der Waals surface area contributed by atoms with E-state index in [9.17, 15) is 8.42 Å². The normalized spacial score (nSPS) is 14.7. The summed E-state index contributed by atoms with van der Waals surface area (Å²) in [5.41, 5.74) is 11.7. The number of benzene rings is 2. The lowest BCUT2D eigenvalue weighted by atomic mass is 10.0. The fourth-order valence-corrected chi connectivity index (χ4v) is 5.45. The Balaban J connectivity index is 1.32. The number of nitrogens with zero attached hydrogens (tertiary/aromatic N) is 6. The first-order valence-corrected chi connectivity index (χ1v) is 14.4. The Bertz CT molecular complexity index is 1750. The number of nitrogens with two attached hydrogens (primary N) is 1. The van der Waals surface area contributed by atoms with Crippen LogP contribution in [0.5, 0.6) is 0 Å². The summed E-state index contributed by atoms with van der Waals surface area (Å²) in [6, 6.07) is 19.1. The van der Waals surface area contributed by atoms with Gasteiger partial charge >= 0.3 is 0 Å². The molecule has 3 aromatic heterocycles. The van der Waals surface area contributed by atoms with Gasteiger partial charge in [0.1, 0.15) is 5.82 Å². The molecule has 4 heterocycles. The Labute approximate surface area is 226 Å². The van der Waals surface area contributed by atoms with Gasteiger partial charge in [-0.1, -0.05) is 30.3 Å². The fraction of sp³-hybridized carbons (Fsp3) is 0.222. The van der Waals surface area contributed by atoms with Crippen molar-refractivity contribution in [2.45, 2.75) is 4.90 Å². The van der Waals surface area contributed by atoms with Crippen LogP contribution in [-0.2, 0) is 9.84 Å². The highest BCUT2D eigenvalue weighted by atomic mass is 32.2. The van der Waals surface area contributed by atoms with E-state index in [-0.39, 0.29) is 4.90 Å². The van der Waals surface area contributed by atoms with E-state index in [4.69, 9.17) is 10.8 Å². The number of nitrogens with one attached hydrogen (secondary N) is 2. The number of anilines is 4. The summed E-state index contributed by atoms with van der Waals surface area (Å²) < 4.78 is 26.7. The lowest BCUT2D eigenvalue weighted by Crippen LogP contribution is -2.44. The number of likely N-dealkylation sites (N-methyl/N-ethyl adjacent to an activating group) is 1. The molecule has 1 aliphatic heterocycles. The van der Waals surface area contributed by atoms with Gasteiger partial charge in [0.2, 0.25) is 5.95 Å². The zero-order chi connectivity index (χ0) is 27.1. The zero-order valence-electron chi connectivity index (χ0n) is 21.7. The van der Waals surface area contributed by atoms with Crippen LogP contribution in [-0.4, -0.2) is 77.6 Å². The predicted octanol–water partition coefficient (Wildman–Crippen LogP) is 3.27. The highest BCUT2D eigenvalue weighted by molar-refractivity contribution is 7.90. The molecule has 0 atom stereocenters. The van der Waals surface area contributed by atoms with Gasteiger partial charge in [0.15, 0.2) is 15.5 Å². The Morgan fingerprint density at radius 3 is 2.41 bits per heavy atom. The van der Waals surface area contributed by atoms with E-state index in [2.05, 4.69) is 37.3 Å². The van der Waals surface area contributed by atoms with Gasteiger partial charge in [-0.3, -0.25) is 5.10 Å². The number of hydrogen-bond donors (Lipinski definition) is 3. The highest BCUT2D eigenvalue weighted by Crippen LogP contribution is 2.30. The van der Waals surface area contributed by atoms with Crippen molar-refractivity contribution in [2.75, 3.05) is 55.4 Å². The van der Waals surface area contributed by atoms with Gasteiger partial charge in [-0.05, 0) is 42.9 Å². The van der Waals surface area contributed by atoms with Crippen LogP contribution in [0.3, 0.4) is 0 Å². The van der Waals surface area contributed by atoms with Crippen LogP contribution in [0.2, 0.25) is 0 Å². The van der Waals surface area contributed by atoms with Crippen molar-refractivity contribution < 1.29 is 8.42 Å². The van der Waals surface area contributed by atoms with E-state index in [0.29, 0.717) is 23.1 Å². The Hall–Kier alpha value is -4.42. The Morgan fingerprint density at radius 1 is 0.974 bits per heavy atom. The second-order valence-corrected chi connectivity index (χ2v) is 11.8. The molecule has 1 fully saturated rings. The molecule has 0 bridgehead atoms. The molecule has 0 amide bonds. The molecule has 200 valence electrons. The van der Waals surface area contributed by atoms with Gasteiger partial charge < -0.3 is 20.9 Å². The fourth-order valence-electron chi connectivity index (χ4n) is 4.77. The molecule has 1 saturated heterocycles. The van der Waals surface area contributed by atoms with Crippen molar-refractivity contribution >= 4 is 38.6 Å². The smallest absolute Gasteiger partial charge is 0.247 e. The topological polar surface area (TPSA) is 138 Å². The van der Waals surface area contributed by atoms with Gasteiger partial charge in [-0.2, -0.15) is 10.1 Å². The number of sulfone groups is 1. The average molecular weight is 544 g/mol.